The molecular weight excluding hydrogens is 711 g/mol. The molecule has 0 unspecified atom stereocenters. The Balaban J connectivity index is 1.22. The molecule has 0 amide bonds. The Labute approximate surface area is 343 Å². The van der Waals surface area contributed by atoms with Gasteiger partial charge in [-0.05, 0) is 90.0 Å². The molecule has 1 aliphatic carbocycles. The maximum atomic E-state index is 2.76. The molecule has 0 N–H and O–H groups in total. The van der Waals surface area contributed by atoms with Crippen molar-refractivity contribution in [3.63, 3.8) is 0 Å². The molecule has 59 heavy (non-hydrogen) atoms. The van der Waals surface area contributed by atoms with Crippen LogP contribution < -0.4 is 15.7 Å². The van der Waals surface area contributed by atoms with Gasteiger partial charge in [-0.3, -0.25) is 0 Å². The van der Waals surface area contributed by atoms with Crippen molar-refractivity contribution in [3.8, 4) is 27.9 Å². The van der Waals surface area contributed by atoms with E-state index in [2.05, 4.69) is 211 Å². The molecule has 1 aromatic heterocycles. The summed E-state index contributed by atoms with van der Waals surface area (Å²) in [6.07, 6.45) is 0. The second kappa shape index (κ2) is 10.9. The minimum Gasteiger partial charge on any atom is -0.376 e. The highest BCUT2D eigenvalue weighted by Crippen LogP contribution is 2.62. The van der Waals surface area contributed by atoms with Gasteiger partial charge >= 0.3 is 6.85 Å². The topological polar surface area (TPSA) is 8.17 Å². The molecule has 3 aliphatic heterocycles. The normalized spacial score (nSPS) is 15.5. The zero-order chi connectivity index (χ0) is 38.8. The van der Waals surface area contributed by atoms with Gasteiger partial charge in [0.15, 0.2) is 0 Å². The van der Waals surface area contributed by atoms with E-state index in [0.717, 1.165) is 0 Å². The van der Waals surface area contributed by atoms with Crippen molar-refractivity contribution in [3.05, 3.63) is 221 Å². The van der Waals surface area contributed by atoms with Crippen LogP contribution in [-0.4, -0.2) is 11.4 Å². The van der Waals surface area contributed by atoms with E-state index in [1.807, 2.05) is 0 Å². The summed E-state index contributed by atoms with van der Waals surface area (Å²) in [5.41, 5.74) is 21.9. The van der Waals surface area contributed by atoms with Gasteiger partial charge in [-0.25, -0.2) is 0 Å². The van der Waals surface area contributed by atoms with E-state index in [9.17, 15) is 0 Å². The average Bonchev–Trinajstić information content (AvgIpc) is 3.75. The highest BCUT2D eigenvalue weighted by atomic mass is 15.1. The fourth-order valence-corrected chi connectivity index (χ4v) is 12.4. The molecule has 0 bridgehead atoms. The smallest absolute Gasteiger partial charge is 0.333 e. The number of benzene rings is 9. The van der Waals surface area contributed by atoms with Gasteiger partial charge in [-0.1, -0.05) is 184 Å². The van der Waals surface area contributed by atoms with Gasteiger partial charge in [0, 0.05) is 38.8 Å². The van der Waals surface area contributed by atoms with Crippen molar-refractivity contribution in [2.45, 2.75) is 24.7 Å². The van der Waals surface area contributed by atoms with Gasteiger partial charge in [-0.2, -0.15) is 0 Å². The highest BCUT2D eigenvalue weighted by molar-refractivity contribution is 6.94. The Morgan fingerprint density at radius 2 is 1.14 bits per heavy atom. The quantitative estimate of drug-likeness (QED) is 0.160. The first-order chi connectivity index (χ1) is 29.1. The van der Waals surface area contributed by atoms with Crippen molar-refractivity contribution in [2.75, 3.05) is 4.81 Å². The molecule has 0 atom stereocenters. The van der Waals surface area contributed by atoms with E-state index >= 15 is 0 Å². The number of hydrogen-bond acceptors (Lipinski definition) is 1. The lowest BCUT2D eigenvalue weighted by Crippen LogP contribution is -2.62. The first kappa shape index (κ1) is 31.9. The Hall–Kier alpha value is -7.10. The van der Waals surface area contributed by atoms with Crippen LogP contribution in [0.4, 0.5) is 11.4 Å². The summed E-state index contributed by atoms with van der Waals surface area (Å²) in [6, 6.07) is 71.5. The zero-order valence-corrected chi connectivity index (χ0v) is 32.9. The molecule has 10 aromatic rings. The standard InChI is InChI=1S/C56H37BN2/c1-55(2)42-26-12-11-23-38(42)41-33-48-52-50(51(41)55)40-24-15-28-44-53(40)59(46-30-14-13-27-43(46)56(44,35-18-5-3-6-19-35)36-20-7-4-8-21-36)57(52)45-29-16-25-39-49-37-22-10-9-17-34(37)31-32-47(49)58(48)54(39)45/h3-33H,1-2H3. The third-order valence-electron chi connectivity index (χ3n) is 14.6. The van der Waals surface area contributed by atoms with Crippen LogP contribution in [0.15, 0.2) is 188 Å². The SMILES string of the molecule is CC1(C)c2ccccc2-c2cc3c4c(c21)-c1cccc2c1N(B4c1cccc4c5c6ccccc6ccc5n-3c14)c1ccccc1C2(c1ccccc1)c1ccccc1. The second-order valence-corrected chi connectivity index (χ2v) is 17.5. The van der Waals surface area contributed by atoms with Crippen molar-refractivity contribution < 1.29 is 0 Å². The summed E-state index contributed by atoms with van der Waals surface area (Å²) in [6.45, 7) is 4.85. The Bertz CT molecular complexity index is 3450. The van der Waals surface area contributed by atoms with E-state index in [0.29, 0.717) is 0 Å². The van der Waals surface area contributed by atoms with Gasteiger partial charge in [0.05, 0.1) is 16.4 Å². The number of para-hydroxylation sites is 3. The lowest BCUT2D eigenvalue weighted by Gasteiger charge is -2.52. The number of anilines is 2. The molecule has 0 fully saturated rings. The van der Waals surface area contributed by atoms with Crippen molar-refractivity contribution in [1.82, 2.24) is 4.57 Å². The summed E-state index contributed by atoms with van der Waals surface area (Å²) in [4.78, 5) is 2.76. The van der Waals surface area contributed by atoms with E-state index in [4.69, 9.17) is 0 Å². The molecule has 2 nitrogen and oxygen atoms in total. The van der Waals surface area contributed by atoms with E-state index in [-0.39, 0.29) is 12.3 Å². The number of aromatic nitrogens is 1. The minimum absolute atomic E-state index is 0.0593. The molecule has 3 heteroatoms. The van der Waals surface area contributed by atoms with Crippen molar-refractivity contribution in [1.29, 1.82) is 0 Å². The summed E-state index contributed by atoms with van der Waals surface area (Å²) < 4.78 is 2.64. The van der Waals surface area contributed by atoms with E-state index in [1.54, 1.807) is 0 Å². The van der Waals surface area contributed by atoms with Gasteiger partial charge in [0.1, 0.15) is 0 Å². The number of fused-ring (bicyclic) bond motifs is 15. The fourth-order valence-electron chi connectivity index (χ4n) is 12.4. The highest BCUT2D eigenvalue weighted by Gasteiger charge is 2.54. The summed E-state index contributed by atoms with van der Waals surface area (Å²) in [5.74, 6) is 0. The van der Waals surface area contributed by atoms with Crippen LogP contribution in [0.2, 0.25) is 0 Å². The van der Waals surface area contributed by atoms with Crippen LogP contribution in [0.5, 0.6) is 0 Å². The largest absolute Gasteiger partial charge is 0.376 e. The molecule has 9 aromatic carbocycles. The third-order valence-corrected chi connectivity index (χ3v) is 14.6. The first-order valence-corrected chi connectivity index (χ1v) is 21.0. The predicted molar refractivity (Wildman–Crippen MR) is 247 cm³/mol. The molecule has 0 radical (unpaired) electrons. The third kappa shape index (κ3) is 3.64. The number of hydrogen-bond donors (Lipinski definition) is 0. The molecule has 4 aliphatic rings. The molecule has 14 rings (SSSR count). The van der Waals surface area contributed by atoms with Gasteiger partial charge in [0.2, 0.25) is 0 Å². The molecular formula is C56H37BN2. The van der Waals surface area contributed by atoms with Crippen LogP contribution >= 0.6 is 0 Å². The second-order valence-electron chi connectivity index (χ2n) is 17.5. The van der Waals surface area contributed by atoms with Crippen LogP contribution in [0.3, 0.4) is 0 Å². The maximum Gasteiger partial charge on any atom is 0.333 e. The van der Waals surface area contributed by atoms with E-state index in [1.165, 1.54) is 116 Å². The Morgan fingerprint density at radius 3 is 1.95 bits per heavy atom. The summed E-state index contributed by atoms with van der Waals surface area (Å²) in [5, 5.41) is 5.22. The first-order valence-electron chi connectivity index (χ1n) is 21.0. The van der Waals surface area contributed by atoms with Crippen LogP contribution in [0, 0.1) is 0 Å². The summed E-state index contributed by atoms with van der Waals surface area (Å²) in [7, 11) is 0. The Morgan fingerprint density at radius 1 is 0.492 bits per heavy atom. The molecule has 0 saturated carbocycles. The molecule has 0 spiro atoms. The molecule has 274 valence electrons. The summed E-state index contributed by atoms with van der Waals surface area (Å²) >= 11 is 0. The van der Waals surface area contributed by atoms with Crippen molar-refractivity contribution in [2.24, 2.45) is 0 Å². The number of nitrogens with zero attached hydrogens (tertiary/aromatic N) is 2. The monoisotopic (exact) mass is 748 g/mol. The lowest BCUT2D eigenvalue weighted by atomic mass is 9.42. The van der Waals surface area contributed by atoms with Gasteiger partial charge in [-0.15, -0.1) is 0 Å². The molecule has 4 heterocycles. The van der Waals surface area contributed by atoms with Crippen LogP contribution in [-0.2, 0) is 10.8 Å². The minimum atomic E-state index is -0.549. The van der Waals surface area contributed by atoms with Crippen LogP contribution in [0.25, 0.3) is 60.5 Å². The lowest BCUT2D eigenvalue weighted by molar-refractivity contribution is 0.662. The Kier molecular flexibility index (Phi) is 5.89. The van der Waals surface area contributed by atoms with Crippen LogP contribution in [0.1, 0.15) is 47.2 Å². The fraction of sp³-hybridized carbons (Fsp3) is 0.0714. The van der Waals surface area contributed by atoms with E-state index < -0.39 is 5.41 Å². The average molecular weight is 749 g/mol. The maximum absolute atomic E-state index is 2.76. The van der Waals surface area contributed by atoms with Crippen molar-refractivity contribution >= 4 is 61.7 Å². The predicted octanol–water partition coefficient (Wildman–Crippen LogP) is 12.2. The van der Waals surface area contributed by atoms with Gasteiger partial charge in [0.25, 0.3) is 0 Å². The molecule has 0 saturated heterocycles. The zero-order valence-electron chi connectivity index (χ0n) is 32.9. The number of rotatable bonds is 2. The van der Waals surface area contributed by atoms with Gasteiger partial charge < -0.3 is 9.38 Å².